The molecule has 1 rings (SSSR count). The van der Waals surface area contributed by atoms with Crippen LogP contribution in [0.4, 0.5) is 5.69 Å². The van der Waals surface area contributed by atoms with Crippen molar-refractivity contribution in [1.82, 2.24) is 0 Å². The molecule has 0 saturated carbocycles. The maximum atomic E-state index is 11.2. The highest BCUT2D eigenvalue weighted by Crippen LogP contribution is 2.36. The minimum atomic E-state index is -0.834. The first kappa shape index (κ1) is 15.4. The molecule has 0 saturated heterocycles. The Kier molecular flexibility index (Phi) is 4.58. The second-order valence-electron chi connectivity index (χ2n) is 4.17. The van der Waals surface area contributed by atoms with Crippen molar-refractivity contribution in [2.45, 2.75) is 20.3 Å². The number of hydrogen-bond donors (Lipinski definition) is 2. The summed E-state index contributed by atoms with van der Waals surface area (Å²) >= 11 is 0. The van der Waals surface area contributed by atoms with E-state index in [9.17, 15) is 29.9 Å². The van der Waals surface area contributed by atoms with Gasteiger partial charge in [0.2, 0.25) is 5.75 Å². The fourth-order valence-corrected chi connectivity index (χ4v) is 1.67. The molecule has 0 aliphatic carbocycles. The van der Waals surface area contributed by atoms with Gasteiger partial charge in [-0.05, 0) is 31.9 Å². The van der Waals surface area contributed by atoms with Crippen LogP contribution in [0.2, 0.25) is 0 Å². The zero-order valence-corrected chi connectivity index (χ0v) is 10.9. The predicted molar refractivity (Wildman–Crippen MR) is 69.6 cm³/mol. The van der Waals surface area contributed by atoms with E-state index < -0.39 is 33.7 Å². The number of phenolic OH excluding ortho intramolecular Hbond substituents is 2. The summed E-state index contributed by atoms with van der Waals surface area (Å²) in [6, 6.07) is 2.21. The number of phenols is 2. The molecule has 7 nitrogen and oxygen atoms in total. The lowest BCUT2D eigenvalue weighted by molar-refractivity contribution is -0.386. The summed E-state index contributed by atoms with van der Waals surface area (Å²) in [4.78, 5) is 32.3. The normalized spacial score (nSPS) is 9.90. The number of allylic oxidation sites excluding steroid dienone is 2. The number of aromatic hydroxyl groups is 2. The van der Waals surface area contributed by atoms with Crippen LogP contribution in [-0.2, 0) is 16.0 Å². The fourth-order valence-electron chi connectivity index (χ4n) is 1.67. The van der Waals surface area contributed by atoms with E-state index in [0.29, 0.717) is 5.56 Å². The molecule has 0 aliphatic heterocycles. The van der Waals surface area contributed by atoms with Crippen LogP contribution >= 0.6 is 0 Å². The molecule has 0 atom stereocenters. The van der Waals surface area contributed by atoms with E-state index in [1.54, 1.807) is 0 Å². The van der Waals surface area contributed by atoms with E-state index >= 15 is 0 Å². The summed E-state index contributed by atoms with van der Waals surface area (Å²) < 4.78 is 0. The van der Waals surface area contributed by atoms with Gasteiger partial charge in [0.1, 0.15) is 0 Å². The maximum Gasteiger partial charge on any atom is 0.314 e. The molecule has 7 heteroatoms. The Balaban J connectivity index is 3.17. The molecule has 0 radical (unpaired) electrons. The van der Waals surface area contributed by atoms with Crippen molar-refractivity contribution in [3.8, 4) is 11.5 Å². The molecule has 0 fully saturated rings. The van der Waals surface area contributed by atoms with Crippen LogP contribution in [0.5, 0.6) is 11.5 Å². The van der Waals surface area contributed by atoms with Gasteiger partial charge in [-0.25, -0.2) is 0 Å². The molecule has 0 heterocycles. The lowest BCUT2D eigenvalue weighted by Crippen LogP contribution is -2.06. The van der Waals surface area contributed by atoms with Gasteiger partial charge >= 0.3 is 5.69 Å². The Morgan fingerprint density at radius 3 is 2.25 bits per heavy atom. The number of carbonyl (C=O) groups excluding carboxylic acids is 2. The molecule has 0 aliphatic rings. The predicted octanol–water partition coefficient (Wildman–Crippen LogP) is 1.65. The van der Waals surface area contributed by atoms with Gasteiger partial charge in [0.15, 0.2) is 17.3 Å². The van der Waals surface area contributed by atoms with Crippen molar-refractivity contribution < 1.29 is 24.7 Å². The molecule has 0 aromatic heterocycles. The zero-order chi connectivity index (χ0) is 15.4. The maximum absolute atomic E-state index is 11.2. The third-order valence-corrected chi connectivity index (χ3v) is 2.63. The van der Waals surface area contributed by atoms with Gasteiger partial charge in [-0.15, -0.1) is 0 Å². The number of ketones is 2. The Labute approximate surface area is 114 Å². The number of hydrogen-bond acceptors (Lipinski definition) is 6. The van der Waals surface area contributed by atoms with Crippen LogP contribution in [0.1, 0.15) is 19.4 Å². The molecule has 1 aromatic rings. The second kappa shape index (κ2) is 5.96. The second-order valence-corrected chi connectivity index (χ2v) is 4.17. The Bertz CT molecular complexity index is 602. The van der Waals surface area contributed by atoms with Gasteiger partial charge in [-0.3, -0.25) is 19.7 Å². The van der Waals surface area contributed by atoms with Gasteiger partial charge in [-0.2, -0.15) is 0 Å². The van der Waals surface area contributed by atoms with Crippen LogP contribution in [0.25, 0.3) is 0 Å². The first-order valence-electron chi connectivity index (χ1n) is 5.65. The van der Waals surface area contributed by atoms with Gasteiger partial charge in [0.05, 0.1) is 10.5 Å². The molecular formula is C13H13NO6. The number of rotatable bonds is 5. The summed E-state index contributed by atoms with van der Waals surface area (Å²) in [5.41, 5.74) is -0.354. The Morgan fingerprint density at radius 1 is 1.25 bits per heavy atom. The smallest absolute Gasteiger partial charge is 0.314 e. The number of nitro groups is 1. The average Bonchev–Trinajstić information content (AvgIpc) is 2.32. The van der Waals surface area contributed by atoms with E-state index in [0.717, 1.165) is 12.1 Å². The number of nitro benzene ring substituents is 1. The van der Waals surface area contributed by atoms with Crippen molar-refractivity contribution in [2.75, 3.05) is 0 Å². The van der Waals surface area contributed by atoms with Crippen LogP contribution in [0, 0.1) is 10.1 Å². The largest absolute Gasteiger partial charge is 0.504 e. The molecule has 0 unspecified atom stereocenters. The SMILES string of the molecule is CC(=O)C(=CCc1cc(O)c(O)c([N+](=O)[O-])c1)C(C)=O. The fraction of sp³-hybridized carbons (Fsp3) is 0.231. The summed E-state index contributed by atoms with van der Waals surface area (Å²) in [5, 5.41) is 29.4. The van der Waals surface area contributed by atoms with Gasteiger partial charge in [0, 0.05) is 6.07 Å². The molecule has 106 valence electrons. The summed E-state index contributed by atoms with van der Waals surface area (Å²) in [5.74, 6) is -2.26. The van der Waals surface area contributed by atoms with Gasteiger partial charge in [0.25, 0.3) is 0 Å². The van der Waals surface area contributed by atoms with E-state index in [1.807, 2.05) is 0 Å². The van der Waals surface area contributed by atoms with Crippen molar-refractivity contribution in [3.63, 3.8) is 0 Å². The summed E-state index contributed by atoms with van der Waals surface area (Å²) in [6.45, 7) is 2.48. The molecule has 20 heavy (non-hydrogen) atoms. The number of Topliss-reactive ketones (excluding diaryl/α,β-unsaturated/α-hetero) is 2. The first-order valence-corrected chi connectivity index (χ1v) is 5.65. The lowest BCUT2D eigenvalue weighted by Gasteiger charge is -2.03. The van der Waals surface area contributed by atoms with Crippen molar-refractivity contribution in [2.24, 2.45) is 0 Å². The third kappa shape index (κ3) is 3.41. The zero-order valence-electron chi connectivity index (χ0n) is 10.9. The summed E-state index contributed by atoms with van der Waals surface area (Å²) in [6.07, 6.45) is 1.38. The first-order chi connectivity index (χ1) is 9.23. The quantitative estimate of drug-likeness (QED) is 0.211. The van der Waals surface area contributed by atoms with Crippen molar-refractivity contribution in [1.29, 1.82) is 0 Å². The standard InChI is InChI=1S/C13H13NO6/c1-7(15)10(8(2)16)4-3-9-5-11(14(19)20)13(18)12(17)6-9/h4-6,17-18H,3H2,1-2H3. The van der Waals surface area contributed by atoms with Crippen molar-refractivity contribution in [3.05, 3.63) is 39.5 Å². The topological polar surface area (TPSA) is 118 Å². The van der Waals surface area contributed by atoms with Gasteiger partial charge < -0.3 is 10.2 Å². The minimum Gasteiger partial charge on any atom is -0.504 e. The summed E-state index contributed by atoms with van der Waals surface area (Å²) in [7, 11) is 0. The highest BCUT2D eigenvalue weighted by Gasteiger charge is 2.18. The highest BCUT2D eigenvalue weighted by molar-refractivity contribution is 6.18. The van der Waals surface area contributed by atoms with Crippen LogP contribution < -0.4 is 0 Å². The molecule has 0 spiro atoms. The minimum absolute atomic E-state index is 0.0137. The van der Waals surface area contributed by atoms with Crippen LogP contribution in [0.15, 0.2) is 23.8 Å². The third-order valence-electron chi connectivity index (χ3n) is 2.63. The van der Waals surface area contributed by atoms with Crippen molar-refractivity contribution >= 4 is 17.3 Å². The molecule has 0 amide bonds. The lowest BCUT2D eigenvalue weighted by atomic mass is 10.0. The number of nitrogens with zero attached hydrogens (tertiary/aromatic N) is 1. The highest BCUT2D eigenvalue weighted by atomic mass is 16.6. The average molecular weight is 279 g/mol. The van der Waals surface area contributed by atoms with Crippen LogP contribution in [0.3, 0.4) is 0 Å². The molecule has 0 bridgehead atoms. The van der Waals surface area contributed by atoms with E-state index in [4.69, 9.17) is 0 Å². The molecule has 2 N–H and O–H groups in total. The monoisotopic (exact) mass is 279 g/mol. The Hall–Kier alpha value is -2.70. The van der Waals surface area contributed by atoms with Crippen LogP contribution in [-0.4, -0.2) is 26.7 Å². The molecular weight excluding hydrogens is 266 g/mol. The number of benzene rings is 1. The van der Waals surface area contributed by atoms with E-state index in [-0.39, 0.29) is 12.0 Å². The van der Waals surface area contributed by atoms with E-state index in [1.165, 1.54) is 19.9 Å². The van der Waals surface area contributed by atoms with E-state index in [2.05, 4.69) is 0 Å². The number of carbonyl (C=O) groups is 2. The Morgan fingerprint density at radius 2 is 1.80 bits per heavy atom. The molecule has 1 aromatic carbocycles. The van der Waals surface area contributed by atoms with Gasteiger partial charge in [-0.1, -0.05) is 6.08 Å².